The summed E-state index contributed by atoms with van der Waals surface area (Å²) < 4.78 is 0. The van der Waals surface area contributed by atoms with Gasteiger partial charge in [-0.15, -0.1) is 0 Å². The summed E-state index contributed by atoms with van der Waals surface area (Å²) in [6.45, 7) is 4.71. The Hall–Kier alpha value is -2.26. The minimum atomic E-state index is 0.316. The van der Waals surface area contributed by atoms with Crippen LogP contribution in [0, 0.1) is 0 Å². The van der Waals surface area contributed by atoms with Crippen LogP contribution in [0.25, 0.3) is 12.3 Å². The number of benzene rings is 1. The van der Waals surface area contributed by atoms with E-state index in [2.05, 4.69) is 47.3 Å². The van der Waals surface area contributed by atoms with Gasteiger partial charge in [0.25, 0.3) is 0 Å². The van der Waals surface area contributed by atoms with Crippen molar-refractivity contribution in [2.24, 2.45) is 5.73 Å². The molecular weight excluding hydrogens is 258 g/mol. The lowest BCUT2D eigenvalue weighted by molar-refractivity contribution is 0.660. The molecule has 0 radical (unpaired) electrons. The number of hydrogen-bond acceptors (Lipinski definition) is 2. The average molecular weight is 281 g/mol. The minimum Gasteiger partial charge on any atom is -0.404 e. The Morgan fingerprint density at radius 1 is 1.33 bits per heavy atom. The molecule has 21 heavy (non-hydrogen) atoms. The van der Waals surface area contributed by atoms with Gasteiger partial charge in [-0.25, -0.2) is 0 Å². The monoisotopic (exact) mass is 281 g/mol. The van der Waals surface area contributed by atoms with Crippen LogP contribution in [0.5, 0.6) is 0 Å². The molecule has 0 aliphatic carbocycles. The van der Waals surface area contributed by atoms with E-state index in [1.54, 1.807) is 12.3 Å². The van der Waals surface area contributed by atoms with E-state index >= 15 is 0 Å². The number of nitrogens with two attached hydrogens (primary N) is 1. The highest BCUT2D eigenvalue weighted by Crippen LogP contribution is 2.24. The standard InChI is InChI=1S/C18H23N3/c1-3-7-18-16(12-19)17(13-21-18)15(10-11-20-2)14-8-5-4-6-9-14/h3-9,12-13,15,20-21H,1,10-11,19H2,2H3/b16-12-,18-7+. The van der Waals surface area contributed by atoms with Crippen molar-refractivity contribution in [1.29, 1.82) is 0 Å². The minimum absolute atomic E-state index is 0.316. The Kier molecular flexibility index (Phi) is 5.41. The lowest BCUT2D eigenvalue weighted by Crippen LogP contribution is -2.28. The van der Waals surface area contributed by atoms with Crippen molar-refractivity contribution < 1.29 is 0 Å². The zero-order chi connectivity index (χ0) is 15.1. The van der Waals surface area contributed by atoms with Gasteiger partial charge in [-0.05, 0) is 37.2 Å². The molecule has 110 valence electrons. The second-order valence-corrected chi connectivity index (χ2v) is 5.00. The van der Waals surface area contributed by atoms with Crippen molar-refractivity contribution in [3.8, 4) is 0 Å². The molecule has 0 saturated carbocycles. The molecule has 0 spiro atoms. The summed E-state index contributed by atoms with van der Waals surface area (Å²) in [7, 11) is 1.98. The van der Waals surface area contributed by atoms with Gasteiger partial charge in [-0.1, -0.05) is 43.0 Å². The van der Waals surface area contributed by atoms with Gasteiger partial charge in [0.1, 0.15) is 0 Å². The molecule has 0 bridgehead atoms. The zero-order valence-corrected chi connectivity index (χ0v) is 12.5. The largest absolute Gasteiger partial charge is 0.404 e. The Morgan fingerprint density at radius 2 is 2.10 bits per heavy atom. The number of aromatic nitrogens is 1. The number of hydrogen-bond donors (Lipinski definition) is 3. The van der Waals surface area contributed by atoms with E-state index in [0.29, 0.717) is 5.92 Å². The fraction of sp³-hybridized carbons (Fsp3) is 0.222. The molecule has 0 aliphatic rings. The van der Waals surface area contributed by atoms with E-state index in [-0.39, 0.29) is 0 Å². The SMILES string of the molecule is C=C/C=c1/[nH]cc(C(CCNC)c2ccccc2)/c1=C/N. The molecule has 4 N–H and O–H groups in total. The lowest BCUT2D eigenvalue weighted by atomic mass is 9.89. The molecule has 1 heterocycles. The maximum atomic E-state index is 5.86. The van der Waals surface area contributed by atoms with Crippen LogP contribution in [0.15, 0.2) is 49.2 Å². The molecule has 3 heteroatoms. The number of H-pyrrole nitrogens is 1. The normalized spacial score (nSPS) is 14.3. The van der Waals surface area contributed by atoms with Crippen LogP contribution in [-0.4, -0.2) is 18.6 Å². The topological polar surface area (TPSA) is 53.8 Å². The molecule has 0 saturated heterocycles. The Morgan fingerprint density at radius 3 is 2.71 bits per heavy atom. The highest BCUT2D eigenvalue weighted by atomic mass is 14.8. The maximum Gasteiger partial charge on any atom is 0.0471 e. The van der Waals surface area contributed by atoms with Crippen molar-refractivity contribution in [3.05, 3.63) is 70.9 Å². The number of rotatable bonds is 6. The molecule has 1 aromatic heterocycles. The number of aromatic amines is 1. The molecule has 0 fully saturated rings. The van der Waals surface area contributed by atoms with E-state index in [1.165, 1.54) is 11.1 Å². The van der Waals surface area contributed by atoms with E-state index in [1.807, 2.05) is 19.2 Å². The first-order chi connectivity index (χ1) is 10.3. The Bertz CT molecular complexity index is 683. The van der Waals surface area contributed by atoms with Crippen LogP contribution >= 0.6 is 0 Å². The first kappa shape index (κ1) is 15.1. The van der Waals surface area contributed by atoms with E-state index < -0.39 is 0 Å². The van der Waals surface area contributed by atoms with Gasteiger partial charge < -0.3 is 16.0 Å². The quantitative estimate of drug-likeness (QED) is 0.750. The molecular formula is C18H23N3. The van der Waals surface area contributed by atoms with Gasteiger partial charge in [-0.3, -0.25) is 0 Å². The molecule has 0 aliphatic heterocycles. The van der Waals surface area contributed by atoms with Gasteiger partial charge in [0, 0.05) is 28.9 Å². The van der Waals surface area contributed by atoms with E-state index in [4.69, 9.17) is 5.73 Å². The van der Waals surface area contributed by atoms with Gasteiger partial charge in [0.05, 0.1) is 0 Å². The summed E-state index contributed by atoms with van der Waals surface area (Å²) in [6, 6.07) is 10.5. The second kappa shape index (κ2) is 7.50. The first-order valence-electron chi connectivity index (χ1n) is 7.23. The van der Waals surface area contributed by atoms with E-state index in [9.17, 15) is 0 Å². The lowest BCUT2D eigenvalue weighted by Gasteiger charge is -2.16. The molecule has 1 aromatic carbocycles. The summed E-state index contributed by atoms with van der Waals surface area (Å²) in [4.78, 5) is 3.29. The van der Waals surface area contributed by atoms with Crippen LogP contribution in [0.4, 0.5) is 0 Å². The van der Waals surface area contributed by atoms with Gasteiger partial charge in [0.15, 0.2) is 0 Å². The summed E-state index contributed by atoms with van der Waals surface area (Å²) in [5.41, 5.74) is 8.39. The van der Waals surface area contributed by atoms with Crippen molar-refractivity contribution in [2.45, 2.75) is 12.3 Å². The molecule has 2 rings (SSSR count). The van der Waals surface area contributed by atoms with Gasteiger partial charge >= 0.3 is 0 Å². The Balaban J connectivity index is 2.52. The molecule has 2 aromatic rings. The highest BCUT2D eigenvalue weighted by molar-refractivity contribution is 5.41. The fourth-order valence-corrected chi connectivity index (χ4v) is 2.67. The van der Waals surface area contributed by atoms with Crippen molar-refractivity contribution >= 4 is 12.3 Å². The van der Waals surface area contributed by atoms with E-state index in [0.717, 1.165) is 23.5 Å². The third-order valence-electron chi connectivity index (χ3n) is 3.70. The smallest absolute Gasteiger partial charge is 0.0471 e. The van der Waals surface area contributed by atoms with Crippen LogP contribution in [-0.2, 0) is 0 Å². The third-order valence-corrected chi connectivity index (χ3v) is 3.70. The van der Waals surface area contributed by atoms with Crippen molar-refractivity contribution in [2.75, 3.05) is 13.6 Å². The molecule has 1 atom stereocenters. The van der Waals surface area contributed by atoms with Crippen molar-refractivity contribution in [1.82, 2.24) is 10.3 Å². The second-order valence-electron chi connectivity index (χ2n) is 5.00. The molecule has 3 nitrogen and oxygen atoms in total. The average Bonchev–Trinajstić information content (AvgIpc) is 2.92. The fourth-order valence-electron chi connectivity index (χ4n) is 2.67. The van der Waals surface area contributed by atoms with Crippen molar-refractivity contribution in [3.63, 3.8) is 0 Å². The predicted octanol–water partition coefficient (Wildman–Crippen LogP) is 1.42. The summed E-state index contributed by atoms with van der Waals surface area (Å²) >= 11 is 0. The molecule has 0 amide bonds. The highest BCUT2D eigenvalue weighted by Gasteiger charge is 2.16. The van der Waals surface area contributed by atoms with Crippen LogP contribution < -0.4 is 21.6 Å². The molecule has 1 unspecified atom stereocenters. The predicted molar refractivity (Wildman–Crippen MR) is 90.2 cm³/mol. The zero-order valence-electron chi connectivity index (χ0n) is 12.5. The van der Waals surface area contributed by atoms with Crippen LogP contribution in [0.1, 0.15) is 23.5 Å². The number of nitrogens with one attached hydrogen (secondary N) is 2. The Labute approximate surface area is 125 Å². The first-order valence-corrected chi connectivity index (χ1v) is 7.23. The van der Waals surface area contributed by atoms with Crippen LogP contribution in [0.2, 0.25) is 0 Å². The number of allylic oxidation sites excluding steroid dienone is 1. The van der Waals surface area contributed by atoms with Crippen LogP contribution in [0.3, 0.4) is 0 Å². The van der Waals surface area contributed by atoms with Gasteiger partial charge in [0.2, 0.25) is 0 Å². The summed E-state index contributed by atoms with van der Waals surface area (Å²) in [5.74, 6) is 0.316. The summed E-state index contributed by atoms with van der Waals surface area (Å²) in [5, 5.41) is 5.29. The third kappa shape index (κ3) is 3.44. The summed E-state index contributed by atoms with van der Waals surface area (Å²) in [6.07, 6.45) is 8.47. The van der Waals surface area contributed by atoms with Gasteiger partial charge in [-0.2, -0.15) is 0 Å². The maximum absolute atomic E-state index is 5.86.